The number of hydrogen-bond donors (Lipinski definition) is 1. The molecule has 0 radical (unpaired) electrons. The van der Waals surface area contributed by atoms with Crippen molar-refractivity contribution < 1.29 is 4.52 Å². The standard InChI is InChI=1S/C17H25N5O/c1-13-8-5-6-9-15(13)12-22(4)17(18-3)19-11-7-10-16-20-14(2)21-23-16/h5-6,8-9H,7,10-12H2,1-4H3,(H,18,19). The molecular weight excluding hydrogens is 290 g/mol. The molecule has 0 amide bonds. The summed E-state index contributed by atoms with van der Waals surface area (Å²) in [5.74, 6) is 2.25. The number of aromatic nitrogens is 2. The molecule has 6 nitrogen and oxygen atoms in total. The zero-order valence-corrected chi connectivity index (χ0v) is 14.3. The molecule has 0 aliphatic heterocycles. The van der Waals surface area contributed by atoms with Crippen LogP contribution in [0.3, 0.4) is 0 Å². The largest absolute Gasteiger partial charge is 0.356 e. The van der Waals surface area contributed by atoms with Crippen LogP contribution < -0.4 is 5.32 Å². The molecule has 0 saturated heterocycles. The minimum Gasteiger partial charge on any atom is -0.356 e. The molecule has 1 heterocycles. The van der Waals surface area contributed by atoms with Crippen LogP contribution in [0.25, 0.3) is 0 Å². The van der Waals surface area contributed by atoms with E-state index in [1.165, 1.54) is 11.1 Å². The Morgan fingerprint density at radius 3 is 2.74 bits per heavy atom. The molecule has 1 aromatic carbocycles. The molecule has 0 atom stereocenters. The van der Waals surface area contributed by atoms with Crippen molar-refractivity contribution in [3.05, 3.63) is 47.1 Å². The average Bonchev–Trinajstić information content (AvgIpc) is 2.95. The Labute approximate surface area is 137 Å². The van der Waals surface area contributed by atoms with Crippen LogP contribution >= 0.6 is 0 Å². The van der Waals surface area contributed by atoms with Gasteiger partial charge >= 0.3 is 0 Å². The van der Waals surface area contributed by atoms with Gasteiger partial charge in [0, 0.05) is 33.6 Å². The van der Waals surface area contributed by atoms with E-state index in [2.05, 4.69) is 56.5 Å². The van der Waals surface area contributed by atoms with E-state index >= 15 is 0 Å². The van der Waals surface area contributed by atoms with Gasteiger partial charge in [0.05, 0.1) is 0 Å². The Kier molecular flexibility index (Phi) is 6.14. The number of hydrogen-bond acceptors (Lipinski definition) is 4. The van der Waals surface area contributed by atoms with E-state index in [4.69, 9.17) is 4.52 Å². The zero-order valence-electron chi connectivity index (χ0n) is 14.3. The van der Waals surface area contributed by atoms with Gasteiger partial charge in [-0.3, -0.25) is 4.99 Å². The van der Waals surface area contributed by atoms with Crippen LogP contribution in [0.5, 0.6) is 0 Å². The first kappa shape index (κ1) is 17.0. The fourth-order valence-electron chi connectivity index (χ4n) is 2.38. The summed E-state index contributed by atoms with van der Waals surface area (Å²) in [6.45, 7) is 5.60. The highest BCUT2D eigenvalue weighted by Crippen LogP contribution is 2.09. The normalized spacial score (nSPS) is 11.6. The van der Waals surface area contributed by atoms with Gasteiger partial charge in [-0.1, -0.05) is 29.4 Å². The van der Waals surface area contributed by atoms with Crippen molar-refractivity contribution in [3.63, 3.8) is 0 Å². The molecule has 2 rings (SSSR count). The number of nitrogens with one attached hydrogen (secondary N) is 1. The first-order valence-electron chi connectivity index (χ1n) is 7.85. The highest BCUT2D eigenvalue weighted by molar-refractivity contribution is 5.79. The van der Waals surface area contributed by atoms with Crippen LogP contribution in [0.1, 0.15) is 29.3 Å². The molecule has 1 aromatic heterocycles. The Morgan fingerprint density at radius 2 is 2.09 bits per heavy atom. The third kappa shape index (κ3) is 5.09. The molecule has 0 aliphatic rings. The summed E-state index contributed by atoms with van der Waals surface area (Å²) in [6.07, 6.45) is 1.69. The van der Waals surface area contributed by atoms with E-state index in [9.17, 15) is 0 Å². The third-order valence-corrected chi connectivity index (χ3v) is 3.66. The fourth-order valence-corrected chi connectivity index (χ4v) is 2.38. The fraction of sp³-hybridized carbons (Fsp3) is 0.471. The molecule has 0 fully saturated rings. The molecule has 0 unspecified atom stereocenters. The molecule has 124 valence electrons. The smallest absolute Gasteiger partial charge is 0.226 e. The number of nitrogens with zero attached hydrogens (tertiary/aromatic N) is 4. The van der Waals surface area contributed by atoms with Crippen LogP contribution in [0, 0.1) is 13.8 Å². The van der Waals surface area contributed by atoms with Crippen molar-refractivity contribution in [3.8, 4) is 0 Å². The molecule has 0 saturated carbocycles. The summed E-state index contributed by atoms with van der Waals surface area (Å²) in [4.78, 5) is 10.7. The van der Waals surface area contributed by atoms with E-state index in [0.717, 1.165) is 31.9 Å². The van der Waals surface area contributed by atoms with Crippen LogP contribution in [0.4, 0.5) is 0 Å². The van der Waals surface area contributed by atoms with Crippen molar-refractivity contribution in [1.82, 2.24) is 20.4 Å². The Balaban J connectivity index is 1.79. The average molecular weight is 315 g/mol. The van der Waals surface area contributed by atoms with Crippen molar-refractivity contribution in [2.45, 2.75) is 33.2 Å². The SMILES string of the molecule is CN=C(NCCCc1nc(C)no1)N(C)Cc1ccccc1C. The topological polar surface area (TPSA) is 66.5 Å². The number of aliphatic imine (C=N–C) groups is 1. The summed E-state index contributed by atoms with van der Waals surface area (Å²) in [7, 11) is 3.85. The first-order valence-corrected chi connectivity index (χ1v) is 7.85. The molecule has 1 N–H and O–H groups in total. The number of rotatable bonds is 6. The second kappa shape index (κ2) is 8.31. The predicted octanol–water partition coefficient (Wildman–Crippen LogP) is 2.33. The summed E-state index contributed by atoms with van der Waals surface area (Å²) >= 11 is 0. The second-order valence-corrected chi connectivity index (χ2v) is 5.60. The lowest BCUT2D eigenvalue weighted by Gasteiger charge is -2.23. The molecule has 0 bridgehead atoms. The summed E-state index contributed by atoms with van der Waals surface area (Å²) in [5.41, 5.74) is 2.60. The van der Waals surface area contributed by atoms with Gasteiger partial charge in [-0.05, 0) is 31.4 Å². The van der Waals surface area contributed by atoms with Gasteiger partial charge in [0.25, 0.3) is 0 Å². The summed E-state index contributed by atoms with van der Waals surface area (Å²) in [5, 5.41) is 7.16. The van der Waals surface area contributed by atoms with Gasteiger partial charge in [-0.25, -0.2) is 0 Å². The first-order chi connectivity index (χ1) is 11.1. The van der Waals surface area contributed by atoms with Crippen molar-refractivity contribution in [2.24, 2.45) is 4.99 Å². The Hall–Kier alpha value is -2.37. The number of guanidine groups is 1. The monoisotopic (exact) mass is 315 g/mol. The van der Waals surface area contributed by atoms with Crippen LogP contribution in [-0.4, -0.2) is 41.6 Å². The van der Waals surface area contributed by atoms with E-state index < -0.39 is 0 Å². The highest BCUT2D eigenvalue weighted by atomic mass is 16.5. The highest BCUT2D eigenvalue weighted by Gasteiger charge is 2.08. The maximum atomic E-state index is 5.11. The van der Waals surface area contributed by atoms with E-state index in [1.54, 1.807) is 7.05 Å². The van der Waals surface area contributed by atoms with Gasteiger partial charge in [0.15, 0.2) is 11.8 Å². The number of benzene rings is 1. The number of aryl methyl sites for hydroxylation is 3. The van der Waals surface area contributed by atoms with Crippen molar-refractivity contribution in [2.75, 3.05) is 20.6 Å². The van der Waals surface area contributed by atoms with Gasteiger partial charge in [-0.2, -0.15) is 4.98 Å². The minimum atomic E-state index is 0.682. The van der Waals surface area contributed by atoms with Gasteiger partial charge in [-0.15, -0.1) is 0 Å². The van der Waals surface area contributed by atoms with Gasteiger partial charge in [0.1, 0.15) is 0 Å². The molecule has 23 heavy (non-hydrogen) atoms. The zero-order chi connectivity index (χ0) is 16.7. The molecule has 2 aromatic rings. The summed E-state index contributed by atoms with van der Waals surface area (Å²) < 4.78 is 5.11. The second-order valence-electron chi connectivity index (χ2n) is 5.60. The Bertz CT molecular complexity index is 650. The Morgan fingerprint density at radius 1 is 1.30 bits per heavy atom. The van der Waals surface area contributed by atoms with Gasteiger partial charge in [0.2, 0.25) is 5.89 Å². The molecule has 0 aliphatic carbocycles. The van der Waals surface area contributed by atoms with Crippen molar-refractivity contribution in [1.29, 1.82) is 0 Å². The predicted molar refractivity (Wildman–Crippen MR) is 91.4 cm³/mol. The quantitative estimate of drug-likeness (QED) is 0.503. The van der Waals surface area contributed by atoms with Crippen LogP contribution in [0.15, 0.2) is 33.8 Å². The minimum absolute atomic E-state index is 0.682. The third-order valence-electron chi connectivity index (χ3n) is 3.66. The van der Waals surface area contributed by atoms with Crippen molar-refractivity contribution >= 4 is 5.96 Å². The molecule has 6 heteroatoms. The van der Waals surface area contributed by atoms with Gasteiger partial charge < -0.3 is 14.7 Å². The lowest BCUT2D eigenvalue weighted by Crippen LogP contribution is -2.39. The maximum absolute atomic E-state index is 5.11. The molecular formula is C17H25N5O. The van der Waals surface area contributed by atoms with E-state index in [0.29, 0.717) is 11.7 Å². The van der Waals surface area contributed by atoms with Crippen LogP contribution in [-0.2, 0) is 13.0 Å². The lowest BCUT2D eigenvalue weighted by atomic mass is 10.1. The van der Waals surface area contributed by atoms with Crippen LogP contribution in [0.2, 0.25) is 0 Å². The lowest BCUT2D eigenvalue weighted by molar-refractivity contribution is 0.371. The van der Waals surface area contributed by atoms with E-state index in [-0.39, 0.29) is 0 Å². The molecule has 0 spiro atoms. The maximum Gasteiger partial charge on any atom is 0.226 e. The summed E-state index contributed by atoms with van der Waals surface area (Å²) in [6, 6.07) is 8.41. The van der Waals surface area contributed by atoms with E-state index in [1.807, 2.05) is 14.0 Å².